The molecule has 2 aromatic rings. The highest BCUT2D eigenvalue weighted by Gasteiger charge is 2.43. The molecule has 0 radical (unpaired) electrons. The molecule has 0 aliphatic carbocycles. The topological polar surface area (TPSA) is 49.4 Å². The van der Waals surface area contributed by atoms with E-state index in [9.17, 15) is 14.0 Å². The number of rotatable bonds is 4. The highest BCUT2D eigenvalue weighted by molar-refractivity contribution is 7.10. The molecule has 1 aliphatic heterocycles. The first kappa shape index (κ1) is 15.7. The molecule has 0 saturated carbocycles. The Hall–Kier alpha value is -2.21. The molecular weight excluding hydrogens is 315 g/mol. The summed E-state index contributed by atoms with van der Waals surface area (Å²) in [7, 11) is 1.73. The zero-order valence-electron chi connectivity index (χ0n) is 12.7. The Kier molecular flexibility index (Phi) is 4.43. The van der Waals surface area contributed by atoms with Gasteiger partial charge in [-0.3, -0.25) is 9.59 Å². The second-order valence-electron chi connectivity index (χ2n) is 5.62. The van der Waals surface area contributed by atoms with Crippen LogP contribution in [0.1, 0.15) is 22.9 Å². The van der Waals surface area contributed by atoms with E-state index in [-0.39, 0.29) is 36.6 Å². The summed E-state index contributed by atoms with van der Waals surface area (Å²) in [6.45, 7) is 0.252. The predicted octanol–water partition coefficient (Wildman–Crippen LogP) is 2.72. The molecule has 2 atom stereocenters. The van der Waals surface area contributed by atoms with Crippen LogP contribution in [-0.4, -0.2) is 23.8 Å². The van der Waals surface area contributed by atoms with Crippen LogP contribution in [0.3, 0.4) is 0 Å². The van der Waals surface area contributed by atoms with Gasteiger partial charge >= 0.3 is 0 Å². The van der Waals surface area contributed by atoms with Gasteiger partial charge < -0.3 is 10.2 Å². The van der Waals surface area contributed by atoms with Gasteiger partial charge in [0.2, 0.25) is 11.8 Å². The lowest BCUT2D eigenvalue weighted by atomic mass is 9.98. The van der Waals surface area contributed by atoms with E-state index in [1.54, 1.807) is 35.4 Å². The first-order chi connectivity index (χ1) is 11.1. The van der Waals surface area contributed by atoms with E-state index in [2.05, 4.69) is 5.32 Å². The van der Waals surface area contributed by atoms with Crippen molar-refractivity contribution in [3.05, 3.63) is 58.0 Å². The Morgan fingerprint density at radius 1 is 1.39 bits per heavy atom. The van der Waals surface area contributed by atoms with Crippen LogP contribution in [0.2, 0.25) is 0 Å². The van der Waals surface area contributed by atoms with Crippen molar-refractivity contribution in [2.24, 2.45) is 5.92 Å². The molecule has 23 heavy (non-hydrogen) atoms. The Labute approximate surface area is 137 Å². The number of amides is 2. The van der Waals surface area contributed by atoms with Gasteiger partial charge in [-0.25, -0.2) is 4.39 Å². The summed E-state index contributed by atoms with van der Waals surface area (Å²) < 4.78 is 13.2. The van der Waals surface area contributed by atoms with Crippen molar-refractivity contribution >= 4 is 23.2 Å². The highest BCUT2D eigenvalue weighted by atomic mass is 32.1. The lowest BCUT2D eigenvalue weighted by Gasteiger charge is -2.23. The number of hydrogen-bond donors (Lipinski definition) is 1. The van der Waals surface area contributed by atoms with Gasteiger partial charge in [-0.1, -0.05) is 18.2 Å². The standard InChI is InChI=1S/C17H17FN2O2S/c1-20-15(21)9-13(16(20)14-6-3-7-23-14)17(22)19-10-11-4-2-5-12(18)8-11/h2-8,13,16H,9-10H2,1H3,(H,19,22)/t13-,16+/m1/s1. The zero-order valence-corrected chi connectivity index (χ0v) is 13.5. The van der Waals surface area contributed by atoms with Gasteiger partial charge in [-0.15, -0.1) is 11.3 Å². The molecular formula is C17H17FN2O2S. The third-order valence-electron chi connectivity index (χ3n) is 4.11. The molecule has 0 unspecified atom stereocenters. The van der Waals surface area contributed by atoms with Gasteiger partial charge in [0.25, 0.3) is 0 Å². The minimum absolute atomic E-state index is 0.0331. The monoisotopic (exact) mass is 332 g/mol. The van der Waals surface area contributed by atoms with Crippen LogP contribution in [0.4, 0.5) is 4.39 Å². The summed E-state index contributed by atoms with van der Waals surface area (Å²) in [5.41, 5.74) is 0.698. The van der Waals surface area contributed by atoms with Gasteiger partial charge in [0, 0.05) is 24.9 Å². The number of nitrogens with zero attached hydrogens (tertiary/aromatic N) is 1. The van der Waals surface area contributed by atoms with Crippen LogP contribution in [-0.2, 0) is 16.1 Å². The van der Waals surface area contributed by atoms with E-state index in [0.29, 0.717) is 5.56 Å². The summed E-state index contributed by atoms with van der Waals surface area (Å²) >= 11 is 1.54. The molecule has 1 aromatic carbocycles. The molecule has 1 aromatic heterocycles. The second-order valence-corrected chi connectivity index (χ2v) is 6.60. The average Bonchev–Trinajstić information content (AvgIpc) is 3.14. The van der Waals surface area contributed by atoms with Gasteiger partial charge in [0.05, 0.1) is 12.0 Å². The Balaban J connectivity index is 1.71. The van der Waals surface area contributed by atoms with E-state index in [1.165, 1.54) is 12.1 Å². The fourth-order valence-electron chi connectivity index (χ4n) is 2.92. The van der Waals surface area contributed by atoms with Crippen LogP contribution < -0.4 is 5.32 Å². The van der Waals surface area contributed by atoms with Gasteiger partial charge in [-0.05, 0) is 29.1 Å². The van der Waals surface area contributed by atoms with Crippen molar-refractivity contribution in [2.75, 3.05) is 7.05 Å². The summed E-state index contributed by atoms with van der Waals surface area (Å²) in [6.07, 6.45) is 0.202. The van der Waals surface area contributed by atoms with Crippen molar-refractivity contribution in [1.82, 2.24) is 10.2 Å². The third kappa shape index (κ3) is 3.27. The Bertz CT molecular complexity index is 717. The van der Waals surface area contributed by atoms with Crippen molar-refractivity contribution in [3.63, 3.8) is 0 Å². The maximum Gasteiger partial charge on any atom is 0.226 e. The highest BCUT2D eigenvalue weighted by Crippen LogP contribution is 2.39. The van der Waals surface area contributed by atoms with Crippen molar-refractivity contribution < 1.29 is 14.0 Å². The molecule has 4 nitrogen and oxygen atoms in total. The molecule has 2 heterocycles. The third-order valence-corrected chi connectivity index (χ3v) is 5.06. The molecule has 2 amide bonds. The van der Waals surface area contributed by atoms with Crippen LogP contribution in [0.15, 0.2) is 41.8 Å². The molecule has 1 fully saturated rings. The number of likely N-dealkylation sites (tertiary alicyclic amines) is 1. The Morgan fingerprint density at radius 3 is 2.91 bits per heavy atom. The van der Waals surface area contributed by atoms with Crippen LogP contribution in [0.25, 0.3) is 0 Å². The second kappa shape index (κ2) is 6.50. The maximum atomic E-state index is 13.2. The molecule has 1 aliphatic rings. The minimum Gasteiger partial charge on any atom is -0.352 e. The number of thiophene rings is 1. The number of carbonyl (C=O) groups excluding carboxylic acids is 2. The number of nitrogens with one attached hydrogen (secondary N) is 1. The number of benzene rings is 1. The largest absolute Gasteiger partial charge is 0.352 e. The molecule has 1 N–H and O–H groups in total. The van der Waals surface area contributed by atoms with Crippen LogP contribution in [0, 0.1) is 11.7 Å². The van der Waals surface area contributed by atoms with Gasteiger partial charge in [0.1, 0.15) is 5.82 Å². The first-order valence-corrected chi connectivity index (χ1v) is 8.25. The quantitative estimate of drug-likeness (QED) is 0.936. The molecule has 0 spiro atoms. The fraction of sp³-hybridized carbons (Fsp3) is 0.294. The normalized spacial score (nSPS) is 20.8. The fourth-order valence-corrected chi connectivity index (χ4v) is 3.85. The first-order valence-electron chi connectivity index (χ1n) is 7.37. The SMILES string of the molecule is CN1C(=O)C[C@@H](C(=O)NCc2cccc(F)c2)[C@H]1c1cccs1. The summed E-state index contributed by atoms with van der Waals surface area (Å²) in [5, 5.41) is 4.76. The molecule has 3 rings (SSSR count). The number of carbonyl (C=O) groups is 2. The van der Waals surface area contributed by atoms with E-state index < -0.39 is 5.92 Å². The molecule has 6 heteroatoms. The predicted molar refractivity (Wildman–Crippen MR) is 86.2 cm³/mol. The number of halogens is 1. The zero-order chi connectivity index (χ0) is 16.4. The van der Waals surface area contributed by atoms with Crippen molar-refractivity contribution in [1.29, 1.82) is 0 Å². The van der Waals surface area contributed by atoms with Crippen LogP contribution in [0.5, 0.6) is 0 Å². The smallest absolute Gasteiger partial charge is 0.226 e. The number of hydrogen-bond acceptors (Lipinski definition) is 3. The molecule has 1 saturated heterocycles. The van der Waals surface area contributed by atoms with E-state index in [0.717, 1.165) is 4.88 Å². The maximum absolute atomic E-state index is 13.2. The van der Waals surface area contributed by atoms with Crippen molar-refractivity contribution in [2.45, 2.75) is 19.0 Å². The molecule has 120 valence electrons. The van der Waals surface area contributed by atoms with Gasteiger partial charge in [-0.2, -0.15) is 0 Å². The Morgan fingerprint density at radius 2 is 2.22 bits per heavy atom. The lowest BCUT2D eigenvalue weighted by molar-refractivity contribution is -0.128. The minimum atomic E-state index is -0.417. The van der Waals surface area contributed by atoms with E-state index in [4.69, 9.17) is 0 Å². The van der Waals surface area contributed by atoms with Crippen LogP contribution >= 0.6 is 11.3 Å². The molecule has 0 bridgehead atoms. The average molecular weight is 332 g/mol. The van der Waals surface area contributed by atoms with Gasteiger partial charge in [0.15, 0.2) is 0 Å². The van der Waals surface area contributed by atoms with E-state index >= 15 is 0 Å². The van der Waals surface area contributed by atoms with Crippen molar-refractivity contribution in [3.8, 4) is 0 Å². The lowest BCUT2D eigenvalue weighted by Crippen LogP contribution is -2.33. The van der Waals surface area contributed by atoms with E-state index in [1.807, 2.05) is 17.5 Å². The summed E-state index contributed by atoms with van der Waals surface area (Å²) in [5.74, 6) is -0.955. The summed E-state index contributed by atoms with van der Waals surface area (Å²) in [4.78, 5) is 27.2. The summed E-state index contributed by atoms with van der Waals surface area (Å²) in [6, 6.07) is 9.75.